The van der Waals surface area contributed by atoms with Crippen molar-refractivity contribution in [2.24, 2.45) is 0 Å². The quantitative estimate of drug-likeness (QED) is 0.454. The van der Waals surface area contributed by atoms with Gasteiger partial charge in [-0.2, -0.15) is 0 Å². The molecule has 0 spiro atoms. The van der Waals surface area contributed by atoms with E-state index in [1.54, 1.807) is 0 Å². The summed E-state index contributed by atoms with van der Waals surface area (Å²) in [6.45, 7) is 3.02. The lowest BCUT2D eigenvalue weighted by molar-refractivity contribution is -0.128. The highest BCUT2D eigenvalue weighted by atomic mass is 16.5. The van der Waals surface area contributed by atoms with Gasteiger partial charge in [-0.1, -0.05) is 56.7 Å². The number of unbranched alkanes of at least 4 members (excludes halogenated alkanes) is 7. The van der Waals surface area contributed by atoms with Crippen LogP contribution in [0.1, 0.15) is 62.5 Å². The zero-order chi connectivity index (χ0) is 15.3. The standard InChI is InChI=1S/C18H28O3/c1-16-11-10-13-17(18(16)20)12-8-6-4-2-3-5-7-9-14-21-15-19/h10-11,13,15,20H,2-9,12,14H2,1H3. The van der Waals surface area contributed by atoms with Crippen molar-refractivity contribution in [2.75, 3.05) is 6.61 Å². The van der Waals surface area contributed by atoms with E-state index in [4.69, 9.17) is 0 Å². The van der Waals surface area contributed by atoms with E-state index < -0.39 is 0 Å². The van der Waals surface area contributed by atoms with Gasteiger partial charge in [-0.05, 0) is 37.3 Å². The maximum absolute atomic E-state index is 9.94. The summed E-state index contributed by atoms with van der Waals surface area (Å²) < 4.78 is 4.65. The number of benzene rings is 1. The van der Waals surface area contributed by atoms with Gasteiger partial charge in [-0.15, -0.1) is 0 Å². The molecule has 0 fully saturated rings. The fourth-order valence-electron chi connectivity index (χ4n) is 2.53. The summed E-state index contributed by atoms with van der Waals surface area (Å²) in [5.74, 6) is 0.468. The summed E-state index contributed by atoms with van der Waals surface area (Å²) in [5, 5.41) is 9.93. The first-order valence-corrected chi connectivity index (χ1v) is 8.08. The molecule has 0 aromatic heterocycles. The van der Waals surface area contributed by atoms with Crippen molar-refractivity contribution < 1.29 is 14.6 Å². The largest absolute Gasteiger partial charge is 0.507 e. The lowest BCUT2D eigenvalue weighted by atomic mass is 10.0. The van der Waals surface area contributed by atoms with Gasteiger partial charge in [0.15, 0.2) is 0 Å². The third-order valence-corrected chi connectivity index (χ3v) is 3.85. The Morgan fingerprint density at radius 2 is 1.62 bits per heavy atom. The van der Waals surface area contributed by atoms with Gasteiger partial charge in [0.1, 0.15) is 5.75 Å². The molecular weight excluding hydrogens is 264 g/mol. The molecule has 0 aliphatic rings. The van der Waals surface area contributed by atoms with Crippen LogP contribution in [0.15, 0.2) is 18.2 Å². The smallest absolute Gasteiger partial charge is 0.293 e. The molecule has 0 bridgehead atoms. The molecular formula is C18H28O3. The van der Waals surface area contributed by atoms with Gasteiger partial charge in [0, 0.05) is 0 Å². The Labute approximate surface area is 128 Å². The number of ether oxygens (including phenoxy) is 1. The summed E-state index contributed by atoms with van der Waals surface area (Å²) >= 11 is 0. The third-order valence-electron chi connectivity index (χ3n) is 3.85. The molecule has 1 rings (SSSR count). The van der Waals surface area contributed by atoms with Crippen LogP contribution in [0.4, 0.5) is 0 Å². The molecule has 1 N–H and O–H groups in total. The molecule has 1 aromatic carbocycles. The summed E-state index contributed by atoms with van der Waals surface area (Å²) in [6, 6.07) is 5.97. The Hall–Kier alpha value is -1.51. The predicted octanol–water partition coefficient (Wildman–Crippen LogP) is 4.54. The molecule has 0 heterocycles. The number of para-hydroxylation sites is 1. The van der Waals surface area contributed by atoms with Crippen molar-refractivity contribution in [3.8, 4) is 5.75 Å². The molecule has 3 heteroatoms. The molecule has 0 aliphatic heterocycles. The van der Waals surface area contributed by atoms with Crippen LogP contribution in [0.2, 0.25) is 0 Å². The highest BCUT2D eigenvalue weighted by molar-refractivity contribution is 5.39. The van der Waals surface area contributed by atoms with Crippen LogP contribution in [0.5, 0.6) is 5.75 Å². The van der Waals surface area contributed by atoms with E-state index in [9.17, 15) is 9.90 Å². The number of hydrogen-bond acceptors (Lipinski definition) is 3. The van der Waals surface area contributed by atoms with Gasteiger partial charge in [-0.25, -0.2) is 0 Å². The minimum atomic E-state index is 0.468. The van der Waals surface area contributed by atoms with Crippen molar-refractivity contribution in [1.82, 2.24) is 0 Å². The van der Waals surface area contributed by atoms with E-state index in [1.165, 1.54) is 32.1 Å². The molecule has 0 amide bonds. The number of aromatic hydroxyl groups is 1. The normalized spacial score (nSPS) is 10.5. The highest BCUT2D eigenvalue weighted by Gasteiger charge is 2.02. The number of aryl methyl sites for hydroxylation is 2. The van der Waals surface area contributed by atoms with E-state index in [1.807, 2.05) is 25.1 Å². The molecule has 3 nitrogen and oxygen atoms in total. The zero-order valence-electron chi connectivity index (χ0n) is 13.1. The number of phenols is 1. The number of rotatable bonds is 12. The van der Waals surface area contributed by atoms with Crippen molar-refractivity contribution in [1.29, 1.82) is 0 Å². The van der Waals surface area contributed by atoms with Gasteiger partial charge in [0.25, 0.3) is 6.47 Å². The fraction of sp³-hybridized carbons (Fsp3) is 0.611. The SMILES string of the molecule is Cc1cccc(CCCCCCCCCCOC=O)c1O. The maximum atomic E-state index is 9.94. The average Bonchev–Trinajstić information content (AvgIpc) is 2.49. The second-order valence-electron chi connectivity index (χ2n) is 5.63. The second-order valence-corrected chi connectivity index (χ2v) is 5.63. The average molecular weight is 292 g/mol. The lowest BCUT2D eigenvalue weighted by Crippen LogP contribution is -1.91. The Kier molecular flexibility index (Phi) is 9.34. The fourth-order valence-corrected chi connectivity index (χ4v) is 2.53. The van der Waals surface area contributed by atoms with Crippen LogP contribution in [0.25, 0.3) is 0 Å². The van der Waals surface area contributed by atoms with Gasteiger partial charge in [-0.3, -0.25) is 4.79 Å². The highest BCUT2D eigenvalue weighted by Crippen LogP contribution is 2.23. The topological polar surface area (TPSA) is 46.5 Å². The van der Waals surface area contributed by atoms with Crippen LogP contribution in [0, 0.1) is 6.92 Å². The van der Waals surface area contributed by atoms with Crippen LogP contribution in [-0.4, -0.2) is 18.2 Å². The summed E-state index contributed by atoms with van der Waals surface area (Å²) in [6.07, 6.45) is 10.5. The Morgan fingerprint density at radius 3 is 2.29 bits per heavy atom. The summed E-state index contributed by atoms with van der Waals surface area (Å²) in [4.78, 5) is 9.94. The molecule has 118 valence electrons. The van der Waals surface area contributed by atoms with Crippen molar-refractivity contribution in [3.05, 3.63) is 29.3 Å². The first-order valence-electron chi connectivity index (χ1n) is 8.08. The second kappa shape index (κ2) is 11.2. The zero-order valence-corrected chi connectivity index (χ0v) is 13.1. The number of phenolic OH excluding ortho intramolecular Hbond substituents is 1. The summed E-state index contributed by atoms with van der Waals surface area (Å²) in [5.41, 5.74) is 2.04. The van der Waals surface area contributed by atoms with Gasteiger partial charge in [0.05, 0.1) is 6.61 Å². The minimum absolute atomic E-state index is 0.468. The van der Waals surface area contributed by atoms with Gasteiger partial charge < -0.3 is 9.84 Å². The van der Waals surface area contributed by atoms with Gasteiger partial charge in [0.2, 0.25) is 0 Å². The van der Waals surface area contributed by atoms with E-state index in [0.29, 0.717) is 18.8 Å². The van der Waals surface area contributed by atoms with E-state index >= 15 is 0 Å². The molecule has 0 atom stereocenters. The Bertz CT molecular complexity index is 401. The van der Waals surface area contributed by atoms with Crippen LogP contribution in [0.3, 0.4) is 0 Å². The van der Waals surface area contributed by atoms with Crippen LogP contribution < -0.4 is 0 Å². The predicted molar refractivity (Wildman–Crippen MR) is 85.5 cm³/mol. The van der Waals surface area contributed by atoms with E-state index in [0.717, 1.165) is 36.8 Å². The van der Waals surface area contributed by atoms with Gasteiger partial charge >= 0.3 is 0 Å². The number of carbonyl (C=O) groups excluding carboxylic acids is 1. The molecule has 1 aromatic rings. The number of hydrogen-bond donors (Lipinski definition) is 1. The molecule has 21 heavy (non-hydrogen) atoms. The molecule has 0 unspecified atom stereocenters. The maximum Gasteiger partial charge on any atom is 0.293 e. The lowest BCUT2D eigenvalue weighted by Gasteiger charge is -2.07. The molecule has 0 saturated carbocycles. The minimum Gasteiger partial charge on any atom is -0.507 e. The molecule has 0 aliphatic carbocycles. The third kappa shape index (κ3) is 7.74. The first-order chi connectivity index (χ1) is 10.3. The Morgan fingerprint density at radius 1 is 1.00 bits per heavy atom. The van der Waals surface area contributed by atoms with E-state index in [-0.39, 0.29) is 0 Å². The Balaban J connectivity index is 1.95. The first kappa shape index (κ1) is 17.5. The van der Waals surface area contributed by atoms with Crippen LogP contribution in [-0.2, 0) is 16.0 Å². The van der Waals surface area contributed by atoms with Crippen molar-refractivity contribution in [2.45, 2.75) is 64.7 Å². The van der Waals surface area contributed by atoms with E-state index in [2.05, 4.69) is 4.74 Å². The number of carbonyl (C=O) groups is 1. The molecule has 0 radical (unpaired) electrons. The van der Waals surface area contributed by atoms with Crippen molar-refractivity contribution >= 4 is 6.47 Å². The monoisotopic (exact) mass is 292 g/mol. The van der Waals surface area contributed by atoms with Crippen molar-refractivity contribution in [3.63, 3.8) is 0 Å². The van der Waals surface area contributed by atoms with Crippen LogP contribution >= 0.6 is 0 Å². The summed E-state index contributed by atoms with van der Waals surface area (Å²) in [7, 11) is 0. The molecule has 0 saturated heterocycles.